The van der Waals surface area contributed by atoms with E-state index in [1.165, 1.54) is 23.1 Å². The highest BCUT2D eigenvalue weighted by molar-refractivity contribution is 7.92. The van der Waals surface area contributed by atoms with Crippen molar-refractivity contribution in [3.63, 3.8) is 0 Å². The average molecular weight is 586 g/mol. The molecule has 0 aromatic heterocycles. The highest BCUT2D eigenvalue weighted by Gasteiger charge is 2.34. The van der Waals surface area contributed by atoms with Gasteiger partial charge in [0.1, 0.15) is 18.3 Å². The quantitative estimate of drug-likeness (QED) is 0.319. The summed E-state index contributed by atoms with van der Waals surface area (Å²) in [5.41, 5.74) is 2.59. The zero-order valence-corrected chi connectivity index (χ0v) is 25.1. The lowest BCUT2D eigenvalue weighted by Gasteiger charge is -2.33. The van der Waals surface area contributed by atoms with Gasteiger partial charge >= 0.3 is 0 Å². The number of carbonyl (C=O) groups excluding carboxylic acids is 2. The molecule has 3 aromatic carbocycles. The predicted molar refractivity (Wildman–Crippen MR) is 158 cm³/mol. The van der Waals surface area contributed by atoms with Crippen LogP contribution in [0.1, 0.15) is 37.0 Å². The summed E-state index contributed by atoms with van der Waals surface area (Å²) in [6.07, 6.45) is 0.342. The molecule has 2 amide bonds. The first-order valence-corrected chi connectivity index (χ1v) is 14.9. The normalized spacial score (nSPS) is 11.9. The molecule has 1 unspecified atom stereocenters. The SMILES string of the molecule is CCNC(=O)C(CC)N(Cc1ccc(OC)cc1)C(=O)CN(c1cc(Cl)ccc1C)S(=O)(=O)c1ccc(C)cc1. The molecule has 0 radical (unpaired) electrons. The number of methoxy groups -OCH3 is 1. The van der Waals surface area contributed by atoms with Crippen molar-refractivity contribution in [2.24, 2.45) is 0 Å². The van der Waals surface area contributed by atoms with E-state index in [4.69, 9.17) is 16.3 Å². The number of likely N-dealkylation sites (N-methyl/N-ethyl adjacent to an activating group) is 1. The molecule has 0 bridgehead atoms. The highest BCUT2D eigenvalue weighted by Crippen LogP contribution is 2.30. The van der Waals surface area contributed by atoms with E-state index in [-0.39, 0.29) is 23.0 Å². The molecule has 214 valence electrons. The van der Waals surface area contributed by atoms with E-state index < -0.39 is 28.5 Å². The minimum Gasteiger partial charge on any atom is -0.497 e. The first-order chi connectivity index (χ1) is 19.0. The second kappa shape index (κ2) is 13.7. The van der Waals surface area contributed by atoms with Crippen molar-refractivity contribution in [1.82, 2.24) is 10.2 Å². The van der Waals surface area contributed by atoms with E-state index in [9.17, 15) is 18.0 Å². The number of aryl methyl sites for hydroxylation is 2. The van der Waals surface area contributed by atoms with Crippen molar-refractivity contribution in [1.29, 1.82) is 0 Å². The maximum atomic E-state index is 14.1. The van der Waals surface area contributed by atoms with Crippen molar-refractivity contribution in [3.8, 4) is 5.75 Å². The van der Waals surface area contributed by atoms with E-state index in [0.717, 1.165) is 15.4 Å². The molecule has 3 aromatic rings. The molecule has 0 aliphatic rings. The second-order valence-electron chi connectivity index (χ2n) is 9.44. The molecule has 1 atom stereocenters. The molecule has 0 aliphatic carbocycles. The molecule has 8 nitrogen and oxygen atoms in total. The molecule has 0 saturated heterocycles. The number of anilines is 1. The lowest BCUT2D eigenvalue weighted by Crippen LogP contribution is -2.52. The molecule has 3 rings (SSSR count). The van der Waals surface area contributed by atoms with Gasteiger partial charge in [0.15, 0.2) is 0 Å². The van der Waals surface area contributed by atoms with Gasteiger partial charge in [0.2, 0.25) is 11.8 Å². The van der Waals surface area contributed by atoms with Gasteiger partial charge in [0, 0.05) is 18.1 Å². The van der Waals surface area contributed by atoms with Gasteiger partial charge in [0.25, 0.3) is 10.0 Å². The molecular weight excluding hydrogens is 550 g/mol. The summed E-state index contributed by atoms with van der Waals surface area (Å²) in [7, 11) is -2.61. The molecule has 40 heavy (non-hydrogen) atoms. The van der Waals surface area contributed by atoms with Crippen molar-refractivity contribution in [2.45, 2.75) is 51.6 Å². The Bertz CT molecular complexity index is 1430. The van der Waals surface area contributed by atoms with Crippen LogP contribution in [0.15, 0.2) is 71.6 Å². The molecule has 0 saturated carbocycles. The summed E-state index contributed by atoms with van der Waals surface area (Å²) >= 11 is 6.28. The van der Waals surface area contributed by atoms with E-state index in [2.05, 4.69) is 5.32 Å². The number of halogens is 1. The lowest BCUT2D eigenvalue weighted by atomic mass is 10.1. The minimum atomic E-state index is -4.17. The van der Waals surface area contributed by atoms with Gasteiger partial charge in [0.05, 0.1) is 17.7 Å². The molecule has 0 heterocycles. The van der Waals surface area contributed by atoms with Gasteiger partial charge in [-0.15, -0.1) is 0 Å². The largest absolute Gasteiger partial charge is 0.497 e. The van der Waals surface area contributed by atoms with Gasteiger partial charge < -0.3 is 15.0 Å². The zero-order chi connectivity index (χ0) is 29.4. The van der Waals surface area contributed by atoms with E-state index >= 15 is 0 Å². The smallest absolute Gasteiger partial charge is 0.264 e. The fourth-order valence-electron chi connectivity index (χ4n) is 4.34. The predicted octanol–water partition coefficient (Wildman–Crippen LogP) is 5.10. The van der Waals surface area contributed by atoms with E-state index in [1.807, 2.05) is 26.0 Å². The van der Waals surface area contributed by atoms with Crippen LogP contribution in [-0.2, 0) is 26.2 Å². The highest BCUT2D eigenvalue weighted by atomic mass is 35.5. The first kappa shape index (κ1) is 31.0. The number of nitrogens with zero attached hydrogens (tertiary/aromatic N) is 2. The number of benzene rings is 3. The molecular formula is C30H36ClN3O5S. The van der Waals surface area contributed by atoms with Crippen LogP contribution in [0.4, 0.5) is 5.69 Å². The van der Waals surface area contributed by atoms with Crippen LogP contribution in [0, 0.1) is 13.8 Å². The van der Waals surface area contributed by atoms with Crippen LogP contribution < -0.4 is 14.4 Å². The Labute approximate surface area is 241 Å². The Balaban J connectivity index is 2.09. The van der Waals surface area contributed by atoms with Crippen molar-refractivity contribution < 1.29 is 22.7 Å². The van der Waals surface area contributed by atoms with Crippen LogP contribution in [0.2, 0.25) is 5.02 Å². The number of hydrogen-bond acceptors (Lipinski definition) is 5. The Morgan fingerprint density at radius 1 is 0.975 bits per heavy atom. The third-order valence-corrected chi connectivity index (χ3v) is 8.59. The summed E-state index contributed by atoms with van der Waals surface area (Å²) in [6.45, 7) is 7.22. The fourth-order valence-corrected chi connectivity index (χ4v) is 5.98. The van der Waals surface area contributed by atoms with Gasteiger partial charge in [-0.25, -0.2) is 8.42 Å². The number of amides is 2. The number of nitrogens with one attached hydrogen (secondary N) is 1. The Kier molecular flexibility index (Phi) is 10.6. The molecule has 10 heteroatoms. The average Bonchev–Trinajstić information content (AvgIpc) is 2.93. The Morgan fingerprint density at radius 3 is 2.20 bits per heavy atom. The summed E-state index contributed by atoms with van der Waals surface area (Å²) < 4.78 is 34.3. The van der Waals surface area contributed by atoms with E-state index in [0.29, 0.717) is 29.3 Å². The van der Waals surface area contributed by atoms with E-state index in [1.54, 1.807) is 57.4 Å². The van der Waals surface area contributed by atoms with Crippen LogP contribution in [0.3, 0.4) is 0 Å². The third kappa shape index (κ3) is 7.34. The standard InChI is InChI=1S/C30H36ClN3O5S/c1-6-27(30(36)32-7-2)33(19-23-11-14-25(39-5)15-12-23)29(35)20-34(28-18-24(31)13-10-22(28)4)40(37,38)26-16-8-21(3)9-17-26/h8-18,27H,6-7,19-20H2,1-5H3,(H,32,36). The number of rotatable bonds is 12. The molecule has 0 spiro atoms. The summed E-state index contributed by atoms with van der Waals surface area (Å²) in [5, 5.41) is 3.13. The number of carbonyl (C=O) groups is 2. The molecule has 0 fully saturated rings. The number of hydrogen-bond donors (Lipinski definition) is 1. The van der Waals surface area contributed by atoms with Gasteiger partial charge in [-0.1, -0.05) is 54.4 Å². The fraction of sp³-hybridized carbons (Fsp3) is 0.333. The van der Waals surface area contributed by atoms with Crippen molar-refractivity contribution in [2.75, 3.05) is 24.5 Å². The van der Waals surface area contributed by atoms with Gasteiger partial charge in [-0.3, -0.25) is 13.9 Å². The lowest BCUT2D eigenvalue weighted by molar-refractivity contribution is -0.140. The van der Waals surface area contributed by atoms with Crippen molar-refractivity contribution in [3.05, 3.63) is 88.4 Å². The zero-order valence-electron chi connectivity index (χ0n) is 23.5. The third-order valence-electron chi connectivity index (χ3n) is 6.58. The van der Waals surface area contributed by atoms with Gasteiger partial charge in [-0.2, -0.15) is 0 Å². The number of sulfonamides is 1. The monoisotopic (exact) mass is 585 g/mol. The maximum absolute atomic E-state index is 14.1. The minimum absolute atomic E-state index is 0.0442. The van der Waals surface area contributed by atoms with Crippen LogP contribution in [0.5, 0.6) is 5.75 Å². The van der Waals surface area contributed by atoms with Crippen molar-refractivity contribution >= 4 is 39.1 Å². The summed E-state index contributed by atoms with van der Waals surface area (Å²) in [5.74, 6) is -0.174. The second-order valence-corrected chi connectivity index (χ2v) is 11.7. The van der Waals surface area contributed by atoms with Gasteiger partial charge in [-0.05, 0) is 74.7 Å². The summed E-state index contributed by atoms with van der Waals surface area (Å²) in [6, 6.07) is 17.7. The Morgan fingerprint density at radius 2 is 1.62 bits per heavy atom. The Hall–Kier alpha value is -3.56. The summed E-state index contributed by atoms with van der Waals surface area (Å²) in [4.78, 5) is 28.6. The number of ether oxygens (including phenoxy) is 1. The first-order valence-electron chi connectivity index (χ1n) is 13.1. The molecule has 1 N–H and O–H groups in total. The topological polar surface area (TPSA) is 96.0 Å². The van der Waals surface area contributed by atoms with Crippen LogP contribution in [0.25, 0.3) is 0 Å². The van der Waals surface area contributed by atoms with Crippen LogP contribution in [-0.4, -0.2) is 51.4 Å². The maximum Gasteiger partial charge on any atom is 0.264 e. The molecule has 0 aliphatic heterocycles. The van der Waals surface area contributed by atoms with Crippen LogP contribution >= 0.6 is 11.6 Å².